The molecule has 0 bridgehead atoms. The molecule has 0 spiro atoms. The molecule has 0 radical (unpaired) electrons. The highest BCUT2D eigenvalue weighted by Gasteiger charge is 2.26. The molecule has 6 heteroatoms. The summed E-state index contributed by atoms with van der Waals surface area (Å²) in [5.74, 6) is 2.33. The van der Waals surface area contributed by atoms with E-state index in [1.54, 1.807) is 4.68 Å². The molecule has 25 heavy (non-hydrogen) atoms. The molecular formula is C19H29N5O. The zero-order chi connectivity index (χ0) is 18.0. The summed E-state index contributed by atoms with van der Waals surface area (Å²) in [5, 5.41) is 4.50. The number of carbonyl (C=O) groups excluding carboxylic acids is 1. The number of nitrogens with zero attached hydrogens (tertiary/aromatic N) is 5. The number of piperidine rings is 1. The smallest absolute Gasteiger partial charge is 0.272 e. The molecule has 1 saturated heterocycles. The third-order valence-corrected chi connectivity index (χ3v) is 5.05. The van der Waals surface area contributed by atoms with Crippen LogP contribution in [0.15, 0.2) is 18.5 Å². The second-order valence-corrected chi connectivity index (χ2v) is 7.60. The van der Waals surface area contributed by atoms with Gasteiger partial charge < -0.3 is 9.47 Å². The van der Waals surface area contributed by atoms with E-state index in [1.165, 1.54) is 0 Å². The molecule has 1 amide bonds. The van der Waals surface area contributed by atoms with Crippen molar-refractivity contribution in [1.29, 1.82) is 0 Å². The van der Waals surface area contributed by atoms with E-state index < -0.39 is 0 Å². The minimum absolute atomic E-state index is 0.113. The molecule has 1 fully saturated rings. The maximum Gasteiger partial charge on any atom is 0.272 e. The number of aryl methyl sites for hydroxylation is 2. The maximum absolute atomic E-state index is 12.8. The molecule has 1 aliphatic heterocycles. The van der Waals surface area contributed by atoms with Crippen molar-refractivity contribution in [3.8, 4) is 0 Å². The van der Waals surface area contributed by atoms with Crippen molar-refractivity contribution in [2.75, 3.05) is 13.1 Å². The topological polar surface area (TPSA) is 56.0 Å². The number of aromatic nitrogens is 4. The van der Waals surface area contributed by atoms with Crippen LogP contribution < -0.4 is 0 Å². The van der Waals surface area contributed by atoms with Crippen molar-refractivity contribution < 1.29 is 4.79 Å². The van der Waals surface area contributed by atoms with E-state index in [0.717, 1.165) is 50.4 Å². The van der Waals surface area contributed by atoms with Crippen LogP contribution in [0.5, 0.6) is 0 Å². The van der Waals surface area contributed by atoms with E-state index in [9.17, 15) is 4.79 Å². The molecule has 136 valence electrons. The van der Waals surface area contributed by atoms with Gasteiger partial charge >= 0.3 is 0 Å². The zero-order valence-electron chi connectivity index (χ0n) is 15.8. The predicted molar refractivity (Wildman–Crippen MR) is 97.3 cm³/mol. The van der Waals surface area contributed by atoms with Gasteiger partial charge in [0.1, 0.15) is 11.5 Å². The van der Waals surface area contributed by atoms with Gasteiger partial charge in [-0.15, -0.1) is 0 Å². The molecule has 3 rings (SSSR count). The minimum Gasteiger partial charge on any atom is -0.337 e. The van der Waals surface area contributed by atoms with Gasteiger partial charge in [0, 0.05) is 39.1 Å². The third kappa shape index (κ3) is 4.11. The Kier molecular flexibility index (Phi) is 5.25. The van der Waals surface area contributed by atoms with Crippen molar-refractivity contribution in [3.05, 3.63) is 35.7 Å². The van der Waals surface area contributed by atoms with Crippen molar-refractivity contribution in [2.45, 2.75) is 46.6 Å². The molecule has 0 aliphatic carbocycles. The Bertz CT molecular complexity index is 722. The largest absolute Gasteiger partial charge is 0.337 e. The quantitative estimate of drug-likeness (QED) is 0.839. The maximum atomic E-state index is 12.8. The fourth-order valence-electron chi connectivity index (χ4n) is 3.60. The first-order valence-corrected chi connectivity index (χ1v) is 9.24. The SMILES string of the molecule is Cc1nccn1CC1CCN(C(=O)c2cc(CC(C)C)nn2C)CC1. The number of likely N-dealkylation sites (tertiary alicyclic amines) is 1. The molecule has 2 aromatic heterocycles. The molecule has 1 aliphatic rings. The fourth-order valence-corrected chi connectivity index (χ4v) is 3.60. The van der Waals surface area contributed by atoms with Gasteiger partial charge in [-0.1, -0.05) is 13.8 Å². The summed E-state index contributed by atoms with van der Waals surface area (Å²) in [7, 11) is 1.87. The van der Waals surface area contributed by atoms with Gasteiger partial charge in [-0.2, -0.15) is 5.10 Å². The standard InChI is InChI=1S/C19H29N5O/c1-14(2)11-17-12-18(22(4)21-17)19(25)23-8-5-16(6-9-23)13-24-10-7-20-15(24)3/h7,10,12,14,16H,5-6,8-9,11,13H2,1-4H3. The number of hydrogen-bond donors (Lipinski definition) is 0. The first-order valence-electron chi connectivity index (χ1n) is 9.24. The van der Waals surface area contributed by atoms with Gasteiger partial charge in [-0.25, -0.2) is 4.98 Å². The van der Waals surface area contributed by atoms with E-state index >= 15 is 0 Å². The predicted octanol–water partition coefficient (Wildman–Crippen LogP) is 2.68. The lowest BCUT2D eigenvalue weighted by Gasteiger charge is -2.32. The number of amides is 1. The number of carbonyl (C=O) groups is 1. The first-order chi connectivity index (χ1) is 11.9. The second kappa shape index (κ2) is 7.42. The average Bonchev–Trinajstić information content (AvgIpc) is 3.13. The van der Waals surface area contributed by atoms with Gasteiger partial charge in [-0.05, 0) is 44.1 Å². The van der Waals surface area contributed by atoms with Gasteiger partial charge in [0.15, 0.2) is 0 Å². The van der Waals surface area contributed by atoms with Gasteiger partial charge in [0.2, 0.25) is 0 Å². The minimum atomic E-state index is 0.113. The molecule has 0 saturated carbocycles. The van der Waals surface area contributed by atoms with Crippen LogP contribution in [0.4, 0.5) is 0 Å². The lowest BCUT2D eigenvalue weighted by atomic mass is 9.96. The number of imidazole rings is 1. The fraction of sp³-hybridized carbons (Fsp3) is 0.632. The lowest BCUT2D eigenvalue weighted by Crippen LogP contribution is -2.40. The molecule has 3 heterocycles. The Morgan fingerprint density at radius 2 is 2.04 bits per heavy atom. The van der Waals surface area contributed by atoms with Crippen LogP contribution in [-0.2, 0) is 20.0 Å². The monoisotopic (exact) mass is 343 g/mol. The first kappa shape index (κ1) is 17.7. The van der Waals surface area contributed by atoms with Crippen molar-refractivity contribution in [2.24, 2.45) is 18.9 Å². The Labute approximate surface area is 149 Å². The van der Waals surface area contributed by atoms with Crippen LogP contribution in [0.1, 0.15) is 48.7 Å². The van der Waals surface area contributed by atoms with E-state index in [2.05, 4.69) is 28.5 Å². The van der Waals surface area contributed by atoms with Gasteiger partial charge in [0.05, 0.1) is 5.69 Å². The van der Waals surface area contributed by atoms with Crippen molar-refractivity contribution >= 4 is 5.91 Å². The van der Waals surface area contributed by atoms with Crippen LogP contribution in [0.2, 0.25) is 0 Å². The van der Waals surface area contributed by atoms with Crippen LogP contribution in [0, 0.1) is 18.8 Å². The van der Waals surface area contributed by atoms with E-state index in [-0.39, 0.29) is 5.91 Å². The average molecular weight is 343 g/mol. The summed E-state index contributed by atoms with van der Waals surface area (Å²) in [5.41, 5.74) is 1.71. The highest BCUT2D eigenvalue weighted by molar-refractivity contribution is 5.92. The molecule has 6 nitrogen and oxygen atoms in total. The molecule has 2 aromatic rings. The molecule has 0 N–H and O–H groups in total. The Balaban J connectivity index is 1.58. The Morgan fingerprint density at radius 3 is 2.64 bits per heavy atom. The summed E-state index contributed by atoms with van der Waals surface area (Å²) in [4.78, 5) is 19.1. The molecular weight excluding hydrogens is 314 g/mol. The highest BCUT2D eigenvalue weighted by Crippen LogP contribution is 2.21. The van der Waals surface area contributed by atoms with Crippen LogP contribution in [0.3, 0.4) is 0 Å². The van der Waals surface area contributed by atoms with Crippen LogP contribution in [-0.4, -0.2) is 43.2 Å². The van der Waals surface area contributed by atoms with Crippen molar-refractivity contribution in [1.82, 2.24) is 24.2 Å². The van der Waals surface area contributed by atoms with Crippen molar-refractivity contribution in [3.63, 3.8) is 0 Å². The summed E-state index contributed by atoms with van der Waals surface area (Å²) < 4.78 is 3.95. The van der Waals surface area contributed by atoms with E-state index in [0.29, 0.717) is 17.5 Å². The summed E-state index contributed by atoms with van der Waals surface area (Å²) in [6.45, 7) is 9.02. The van der Waals surface area contributed by atoms with Crippen LogP contribution in [0.25, 0.3) is 0 Å². The number of hydrogen-bond acceptors (Lipinski definition) is 3. The molecule has 0 atom stereocenters. The van der Waals surface area contributed by atoms with E-state index in [1.807, 2.05) is 37.3 Å². The summed E-state index contributed by atoms with van der Waals surface area (Å²) in [6, 6.07) is 1.96. The van der Waals surface area contributed by atoms with E-state index in [4.69, 9.17) is 0 Å². The summed E-state index contributed by atoms with van der Waals surface area (Å²) >= 11 is 0. The molecule has 0 unspecified atom stereocenters. The normalized spacial score (nSPS) is 16.0. The Morgan fingerprint density at radius 1 is 1.32 bits per heavy atom. The lowest BCUT2D eigenvalue weighted by molar-refractivity contribution is 0.0671. The number of rotatable bonds is 5. The summed E-state index contributed by atoms with van der Waals surface area (Å²) in [6.07, 6.45) is 6.89. The molecule has 0 aromatic carbocycles. The third-order valence-electron chi connectivity index (χ3n) is 5.05. The highest BCUT2D eigenvalue weighted by atomic mass is 16.2. The Hall–Kier alpha value is -2.11. The second-order valence-electron chi connectivity index (χ2n) is 7.60. The van der Waals surface area contributed by atoms with Gasteiger partial charge in [-0.3, -0.25) is 9.48 Å². The van der Waals surface area contributed by atoms with Gasteiger partial charge in [0.25, 0.3) is 5.91 Å². The zero-order valence-corrected chi connectivity index (χ0v) is 15.8. The van der Waals surface area contributed by atoms with Crippen LogP contribution >= 0.6 is 0 Å².